The second kappa shape index (κ2) is 10.5. The zero-order valence-corrected chi connectivity index (χ0v) is 19.5. The Morgan fingerprint density at radius 3 is 2.67 bits per heavy atom. The average molecular weight is 510 g/mol. The predicted octanol–water partition coefficient (Wildman–Crippen LogP) is 5.53. The molecule has 0 radical (unpaired) electrons. The van der Waals surface area contributed by atoms with Crippen LogP contribution in [0.25, 0.3) is 6.08 Å². The summed E-state index contributed by atoms with van der Waals surface area (Å²) in [5.41, 5.74) is 0.251. The number of thioether (sulfide) groups is 1. The van der Waals surface area contributed by atoms with Crippen molar-refractivity contribution >= 4 is 28.9 Å². The van der Waals surface area contributed by atoms with Crippen molar-refractivity contribution in [2.75, 3.05) is 7.11 Å². The summed E-state index contributed by atoms with van der Waals surface area (Å²) in [6, 6.07) is 13.0. The number of hydrogen-bond acceptors (Lipinski definition) is 7. The minimum absolute atomic E-state index is 0.0390. The van der Waals surface area contributed by atoms with E-state index >= 15 is 0 Å². The van der Waals surface area contributed by atoms with Crippen LogP contribution in [0.4, 0.5) is 13.2 Å². The van der Waals surface area contributed by atoms with E-state index in [0.29, 0.717) is 22.2 Å². The Hall–Kier alpha value is -4.30. The second-order valence-electron chi connectivity index (χ2n) is 7.38. The van der Waals surface area contributed by atoms with Crippen LogP contribution in [0.1, 0.15) is 22.3 Å². The number of nitrogens with one attached hydrogen (secondary N) is 1. The maximum Gasteiger partial charge on any atom is 0.420 e. The van der Waals surface area contributed by atoms with Crippen molar-refractivity contribution in [2.24, 2.45) is 4.99 Å². The van der Waals surface area contributed by atoms with Gasteiger partial charge in [0, 0.05) is 12.4 Å². The lowest BCUT2D eigenvalue weighted by Crippen LogP contribution is -2.19. The first kappa shape index (κ1) is 24.8. The summed E-state index contributed by atoms with van der Waals surface area (Å²) in [4.78, 5) is 21.2. The molecule has 1 aliphatic rings. The van der Waals surface area contributed by atoms with Crippen LogP contribution in [0.2, 0.25) is 0 Å². The summed E-state index contributed by atoms with van der Waals surface area (Å²) in [7, 11) is 1.35. The third kappa shape index (κ3) is 5.84. The van der Waals surface area contributed by atoms with Gasteiger partial charge in [-0.3, -0.25) is 14.8 Å². The molecule has 4 rings (SSSR count). The van der Waals surface area contributed by atoms with Gasteiger partial charge < -0.3 is 14.8 Å². The smallest absolute Gasteiger partial charge is 0.420 e. The molecule has 2 aromatic carbocycles. The number of methoxy groups -OCH3 is 1. The number of aromatic nitrogens is 1. The predicted molar refractivity (Wildman–Crippen MR) is 128 cm³/mol. The summed E-state index contributed by atoms with van der Waals surface area (Å²) in [5.74, 6) is -0.587. The van der Waals surface area contributed by atoms with Crippen molar-refractivity contribution in [1.29, 1.82) is 5.26 Å². The van der Waals surface area contributed by atoms with Gasteiger partial charge in [-0.15, -0.1) is 0 Å². The number of carbonyl (C=O) groups excluding carboxylic acids is 1. The Bertz CT molecular complexity index is 1400. The van der Waals surface area contributed by atoms with Crippen LogP contribution < -0.4 is 14.8 Å². The molecule has 1 saturated heterocycles. The molecule has 1 fully saturated rings. The Balaban J connectivity index is 1.55. The van der Waals surface area contributed by atoms with E-state index in [9.17, 15) is 18.0 Å². The molecule has 0 saturated carbocycles. The fraction of sp³-hybridized carbons (Fsp3) is 0.120. The number of hydrogen-bond donors (Lipinski definition) is 1. The first-order valence-electron chi connectivity index (χ1n) is 10.4. The minimum Gasteiger partial charge on any atom is -0.493 e. The minimum atomic E-state index is -4.72. The molecule has 11 heteroatoms. The van der Waals surface area contributed by atoms with Crippen molar-refractivity contribution in [1.82, 2.24) is 10.3 Å². The lowest BCUT2D eigenvalue weighted by Gasteiger charge is -2.16. The molecule has 2 heterocycles. The van der Waals surface area contributed by atoms with Gasteiger partial charge in [0.25, 0.3) is 5.91 Å². The maximum atomic E-state index is 13.5. The normalized spacial score (nSPS) is 15.6. The van der Waals surface area contributed by atoms with Crippen LogP contribution in [0.5, 0.6) is 17.2 Å². The van der Waals surface area contributed by atoms with E-state index in [1.54, 1.807) is 36.7 Å². The highest BCUT2D eigenvalue weighted by molar-refractivity contribution is 8.18. The topological polar surface area (TPSA) is 96.6 Å². The Kier molecular flexibility index (Phi) is 7.26. The van der Waals surface area contributed by atoms with Crippen molar-refractivity contribution in [2.45, 2.75) is 12.7 Å². The molecule has 0 aliphatic carbocycles. The van der Waals surface area contributed by atoms with Gasteiger partial charge in [-0.05, 0) is 65.4 Å². The molecule has 1 amide bonds. The number of benzene rings is 2. The standard InChI is InChI=1S/C25H17F3N4O3S/c1-34-21-10-15(11-22-23(33)32-24(36-22)31-14-17-3-2-8-30-13-17)4-7-20(21)35-19-6-5-16(12-29)9-18(19)25(26,27)28/h2-11,13H,14H2,1H3,(H,31,32,33)/b22-11-. The van der Waals surface area contributed by atoms with Gasteiger partial charge >= 0.3 is 6.18 Å². The number of amidine groups is 1. The van der Waals surface area contributed by atoms with Crippen LogP contribution in [0, 0.1) is 11.3 Å². The van der Waals surface area contributed by atoms with Gasteiger partial charge in [0.1, 0.15) is 5.75 Å². The van der Waals surface area contributed by atoms with Gasteiger partial charge in [0.2, 0.25) is 0 Å². The first-order valence-corrected chi connectivity index (χ1v) is 11.2. The summed E-state index contributed by atoms with van der Waals surface area (Å²) in [6.07, 6.45) is 0.242. The Morgan fingerprint density at radius 2 is 1.97 bits per heavy atom. The summed E-state index contributed by atoms with van der Waals surface area (Å²) < 4.78 is 51.3. The number of carbonyl (C=O) groups is 1. The highest BCUT2D eigenvalue weighted by Crippen LogP contribution is 2.41. The highest BCUT2D eigenvalue weighted by Gasteiger charge is 2.35. The molecule has 0 bridgehead atoms. The van der Waals surface area contributed by atoms with E-state index in [4.69, 9.17) is 14.7 Å². The van der Waals surface area contributed by atoms with Crippen molar-refractivity contribution in [3.8, 4) is 23.3 Å². The van der Waals surface area contributed by atoms with E-state index in [2.05, 4.69) is 15.3 Å². The molecule has 3 aromatic rings. The van der Waals surface area contributed by atoms with Gasteiger partial charge in [-0.1, -0.05) is 12.1 Å². The zero-order valence-electron chi connectivity index (χ0n) is 18.7. The number of amides is 1. The fourth-order valence-electron chi connectivity index (χ4n) is 3.19. The quantitative estimate of drug-likeness (QED) is 0.438. The molecule has 182 valence electrons. The fourth-order valence-corrected chi connectivity index (χ4v) is 4.01. The van der Waals surface area contributed by atoms with E-state index in [1.165, 1.54) is 37.1 Å². The first-order chi connectivity index (χ1) is 17.3. The maximum absolute atomic E-state index is 13.5. The molecule has 7 nitrogen and oxygen atoms in total. The van der Waals surface area contributed by atoms with Crippen molar-refractivity contribution < 1.29 is 27.4 Å². The molecule has 1 N–H and O–H groups in total. The molecule has 0 unspecified atom stereocenters. The Labute approximate surface area is 208 Å². The number of aliphatic imine (C=N–C) groups is 1. The van der Waals surface area contributed by atoms with Crippen LogP contribution in [0.15, 0.2) is 70.8 Å². The van der Waals surface area contributed by atoms with Crippen LogP contribution >= 0.6 is 11.8 Å². The lowest BCUT2D eigenvalue weighted by molar-refractivity contribution is -0.138. The number of ether oxygens (including phenoxy) is 2. The monoisotopic (exact) mass is 510 g/mol. The van der Waals surface area contributed by atoms with Gasteiger partial charge in [-0.2, -0.15) is 18.4 Å². The van der Waals surface area contributed by atoms with Crippen molar-refractivity contribution in [3.05, 3.63) is 88.1 Å². The lowest BCUT2D eigenvalue weighted by atomic mass is 10.1. The second-order valence-corrected chi connectivity index (χ2v) is 8.41. The third-order valence-corrected chi connectivity index (χ3v) is 5.85. The van der Waals surface area contributed by atoms with Crippen LogP contribution in [-0.4, -0.2) is 23.2 Å². The van der Waals surface area contributed by atoms with Gasteiger partial charge in [-0.25, -0.2) is 0 Å². The largest absolute Gasteiger partial charge is 0.493 e. The summed E-state index contributed by atoms with van der Waals surface area (Å²) in [6.45, 7) is 0.360. The molecule has 0 spiro atoms. The molecular weight excluding hydrogens is 493 g/mol. The van der Waals surface area contributed by atoms with E-state index < -0.39 is 17.5 Å². The Morgan fingerprint density at radius 1 is 1.17 bits per heavy atom. The number of nitriles is 1. The van der Waals surface area contributed by atoms with E-state index in [-0.39, 0.29) is 23.0 Å². The van der Waals surface area contributed by atoms with Gasteiger partial charge in [0.05, 0.1) is 35.8 Å². The molecule has 0 atom stereocenters. The molecular formula is C25H17F3N4O3S. The van der Waals surface area contributed by atoms with Crippen molar-refractivity contribution in [3.63, 3.8) is 0 Å². The molecule has 1 aliphatic heterocycles. The number of pyridine rings is 1. The number of nitrogens with zero attached hydrogens (tertiary/aromatic N) is 3. The van der Waals surface area contributed by atoms with Crippen LogP contribution in [-0.2, 0) is 17.5 Å². The average Bonchev–Trinajstić information content (AvgIpc) is 3.22. The van der Waals surface area contributed by atoms with Gasteiger partial charge in [0.15, 0.2) is 16.7 Å². The van der Waals surface area contributed by atoms with Crippen LogP contribution in [0.3, 0.4) is 0 Å². The zero-order chi connectivity index (χ0) is 25.7. The highest BCUT2D eigenvalue weighted by atomic mass is 32.2. The third-order valence-electron chi connectivity index (χ3n) is 4.90. The summed E-state index contributed by atoms with van der Waals surface area (Å²) in [5, 5.41) is 12.1. The van der Waals surface area contributed by atoms with E-state index in [0.717, 1.165) is 17.7 Å². The molecule has 1 aromatic heterocycles. The SMILES string of the molecule is COc1cc(/C=C2\SC(=NCc3cccnc3)NC2=O)ccc1Oc1ccc(C#N)cc1C(F)(F)F. The van der Waals surface area contributed by atoms with E-state index in [1.807, 2.05) is 6.07 Å². The number of alkyl halides is 3. The molecule has 36 heavy (non-hydrogen) atoms. The summed E-state index contributed by atoms with van der Waals surface area (Å²) >= 11 is 1.17. The number of rotatable bonds is 6. The number of halogens is 3.